The van der Waals surface area contributed by atoms with Crippen molar-refractivity contribution in [3.8, 4) is 0 Å². The molecule has 4 rings (SSSR count). The Kier molecular flexibility index (Phi) is 9.92. The summed E-state index contributed by atoms with van der Waals surface area (Å²) in [4.78, 5) is 41.7. The molecule has 16 heteroatoms. The quantitative estimate of drug-likeness (QED) is 0.259. The number of aliphatic hydroxyl groups is 1. The van der Waals surface area contributed by atoms with Gasteiger partial charge in [-0.25, -0.2) is 13.2 Å². The number of aliphatic hydroxyl groups excluding tert-OH is 1. The first kappa shape index (κ1) is 32.9. The number of nitrogens with one attached hydrogen (secondary N) is 2. The van der Waals surface area contributed by atoms with Crippen molar-refractivity contribution < 1.29 is 33.0 Å². The molecule has 2 aromatic carbocycles. The molecule has 3 aromatic rings. The smallest absolute Gasteiger partial charge is 0.326 e. The summed E-state index contributed by atoms with van der Waals surface area (Å²) in [6.45, 7) is 0.900. The normalized spacial score (nSPS) is 19.5. The molecule has 1 saturated heterocycles. The van der Waals surface area contributed by atoms with E-state index in [2.05, 4.69) is 15.6 Å². The van der Waals surface area contributed by atoms with Crippen LogP contribution in [0.2, 0.25) is 20.1 Å². The Labute approximate surface area is 266 Å². The lowest BCUT2D eigenvalue weighted by molar-refractivity contribution is -0.143. The molecule has 3 atom stereocenters. The van der Waals surface area contributed by atoms with Crippen molar-refractivity contribution in [2.75, 3.05) is 11.9 Å². The summed E-state index contributed by atoms with van der Waals surface area (Å²) >= 11 is 24.0. The second-order valence-electron chi connectivity index (χ2n) is 9.97. The molecule has 11 nitrogen and oxygen atoms in total. The number of benzene rings is 2. The van der Waals surface area contributed by atoms with E-state index in [0.29, 0.717) is 11.3 Å². The summed E-state index contributed by atoms with van der Waals surface area (Å²) in [6, 6.07) is 8.36. The number of hydrogen-bond donors (Lipinski definition) is 4. The molecule has 0 bridgehead atoms. The van der Waals surface area contributed by atoms with Gasteiger partial charge in [-0.2, -0.15) is 4.31 Å². The highest BCUT2D eigenvalue weighted by Gasteiger charge is 2.53. The van der Waals surface area contributed by atoms with Gasteiger partial charge in [0.15, 0.2) is 0 Å². The molecule has 0 radical (unpaired) electrons. The Morgan fingerprint density at radius 3 is 2.19 bits per heavy atom. The average Bonchev–Trinajstić information content (AvgIpc) is 3.24. The van der Waals surface area contributed by atoms with E-state index in [4.69, 9.17) is 46.4 Å². The van der Waals surface area contributed by atoms with E-state index >= 15 is 0 Å². The number of anilines is 1. The summed E-state index contributed by atoms with van der Waals surface area (Å²) in [7, 11) is -4.38. The first-order valence-electron chi connectivity index (χ1n) is 12.5. The molecular formula is C27H24Cl4N4O7S. The predicted octanol–water partition coefficient (Wildman–Crippen LogP) is 4.27. The molecule has 1 aliphatic rings. The van der Waals surface area contributed by atoms with E-state index in [9.17, 15) is 33.0 Å². The van der Waals surface area contributed by atoms with Crippen LogP contribution < -0.4 is 10.6 Å². The third-order valence-corrected chi connectivity index (χ3v) is 9.78. The number of pyridine rings is 1. The number of halogens is 4. The number of aromatic nitrogens is 1. The number of sulfonamides is 1. The third-order valence-electron chi connectivity index (χ3n) is 6.81. The number of carbonyl (C=O) groups excluding carboxylic acids is 2. The van der Waals surface area contributed by atoms with Crippen molar-refractivity contribution in [3.63, 3.8) is 0 Å². The largest absolute Gasteiger partial charge is 0.480 e. The van der Waals surface area contributed by atoms with Crippen molar-refractivity contribution in [1.82, 2.24) is 14.6 Å². The lowest BCUT2D eigenvalue weighted by atomic mass is 9.97. The molecule has 1 aliphatic heterocycles. The summed E-state index contributed by atoms with van der Waals surface area (Å²) in [5, 5.41) is 25.5. The lowest BCUT2D eigenvalue weighted by Crippen LogP contribution is -2.58. The van der Waals surface area contributed by atoms with Crippen LogP contribution in [-0.4, -0.2) is 69.9 Å². The summed E-state index contributed by atoms with van der Waals surface area (Å²) in [6.07, 6.45) is 0.911. The zero-order chi connectivity index (χ0) is 31.7. The van der Waals surface area contributed by atoms with Crippen LogP contribution in [-0.2, 0) is 26.0 Å². The van der Waals surface area contributed by atoms with Gasteiger partial charge in [-0.15, -0.1) is 0 Å². The van der Waals surface area contributed by atoms with Crippen LogP contribution in [0.5, 0.6) is 0 Å². The van der Waals surface area contributed by atoms with Crippen LogP contribution in [0.25, 0.3) is 0 Å². The maximum atomic E-state index is 13.5. The van der Waals surface area contributed by atoms with E-state index in [1.165, 1.54) is 37.5 Å². The predicted molar refractivity (Wildman–Crippen MR) is 161 cm³/mol. The van der Waals surface area contributed by atoms with Crippen LogP contribution in [0.3, 0.4) is 0 Å². The number of carboxylic acid groups (broad SMARTS) is 1. The molecule has 228 valence electrons. The lowest BCUT2D eigenvalue weighted by Gasteiger charge is -2.33. The fourth-order valence-electron chi connectivity index (χ4n) is 4.69. The third kappa shape index (κ3) is 7.23. The standard InChI is InChI=1S/C27H24Cl4N4O7S/c1-27(10-18(36)13-35(27)43(41,42)19-8-15(28)7-16(29)9-19)26(40)34-22(25(38)39)6-14-2-4-17(5-3-14)33-24(37)23-20(30)11-32-12-21(23)31/h2-5,7-9,11-12,18,22,36H,6,10,13H2,1H3,(H,33,37)(H,34,40)(H,38,39)/t18-,22+,27?/m1/s1. The Morgan fingerprint density at radius 2 is 1.63 bits per heavy atom. The highest BCUT2D eigenvalue weighted by molar-refractivity contribution is 7.89. The van der Waals surface area contributed by atoms with Crippen molar-refractivity contribution in [2.45, 2.75) is 42.3 Å². The monoisotopic (exact) mass is 688 g/mol. The van der Waals surface area contributed by atoms with E-state index in [1.54, 1.807) is 12.1 Å². The van der Waals surface area contributed by atoms with Crippen molar-refractivity contribution in [3.05, 3.63) is 86.1 Å². The van der Waals surface area contributed by atoms with Gasteiger partial charge in [0.25, 0.3) is 5.91 Å². The minimum Gasteiger partial charge on any atom is -0.480 e. The minimum atomic E-state index is -4.38. The van der Waals surface area contributed by atoms with Gasteiger partial charge in [-0.3, -0.25) is 14.6 Å². The highest BCUT2D eigenvalue weighted by atomic mass is 35.5. The Hall–Kier alpha value is -2.97. The number of aliphatic carboxylic acids is 1. The van der Waals surface area contributed by atoms with E-state index in [-0.39, 0.29) is 43.4 Å². The van der Waals surface area contributed by atoms with Crippen LogP contribution in [0, 0.1) is 0 Å². The molecule has 0 saturated carbocycles. The molecular weight excluding hydrogens is 666 g/mol. The fraction of sp³-hybridized carbons (Fsp3) is 0.259. The molecule has 2 amide bonds. The molecule has 0 aliphatic carbocycles. The van der Waals surface area contributed by atoms with Crippen molar-refractivity contribution >= 4 is 79.9 Å². The maximum absolute atomic E-state index is 13.5. The SMILES string of the molecule is CC1(C(=O)N[C@@H](Cc2ccc(NC(=O)c3c(Cl)cncc3Cl)cc2)C(=O)O)C[C@@H](O)CN1S(=O)(=O)c1cc(Cl)cc(Cl)c1. The number of amides is 2. The Bertz CT molecular complexity index is 1650. The van der Waals surface area contributed by atoms with Crippen LogP contribution in [0.1, 0.15) is 29.3 Å². The second-order valence-corrected chi connectivity index (χ2v) is 13.5. The molecule has 4 N–H and O–H groups in total. The Balaban J connectivity index is 1.50. The van der Waals surface area contributed by atoms with E-state index in [1.807, 2.05) is 0 Å². The second kappa shape index (κ2) is 12.9. The Morgan fingerprint density at radius 1 is 1.05 bits per heavy atom. The van der Waals surface area contributed by atoms with Gasteiger partial charge >= 0.3 is 5.97 Å². The first-order chi connectivity index (χ1) is 20.1. The van der Waals surface area contributed by atoms with Gasteiger partial charge in [-0.05, 0) is 42.8 Å². The van der Waals surface area contributed by atoms with Gasteiger partial charge in [0, 0.05) is 47.5 Å². The highest BCUT2D eigenvalue weighted by Crippen LogP contribution is 2.36. The maximum Gasteiger partial charge on any atom is 0.326 e. The zero-order valence-corrected chi connectivity index (χ0v) is 26.1. The fourth-order valence-corrected chi connectivity index (χ4v) is 7.74. The topological polar surface area (TPSA) is 166 Å². The summed E-state index contributed by atoms with van der Waals surface area (Å²) < 4.78 is 27.8. The van der Waals surface area contributed by atoms with Gasteiger partial charge in [0.1, 0.15) is 11.6 Å². The van der Waals surface area contributed by atoms with Gasteiger partial charge in [0.05, 0.1) is 26.6 Å². The molecule has 1 fully saturated rings. The van der Waals surface area contributed by atoms with Crippen LogP contribution in [0.4, 0.5) is 5.69 Å². The number of carbonyl (C=O) groups is 3. The first-order valence-corrected chi connectivity index (χ1v) is 15.5. The van der Waals surface area contributed by atoms with Crippen LogP contribution in [0.15, 0.2) is 59.8 Å². The molecule has 1 unspecified atom stereocenters. The molecule has 43 heavy (non-hydrogen) atoms. The minimum absolute atomic E-state index is 0.0381. The number of nitrogens with zero attached hydrogens (tertiary/aromatic N) is 2. The summed E-state index contributed by atoms with van der Waals surface area (Å²) in [5.74, 6) is -2.86. The average molecular weight is 690 g/mol. The van der Waals surface area contributed by atoms with Crippen molar-refractivity contribution in [2.24, 2.45) is 0 Å². The van der Waals surface area contributed by atoms with Gasteiger partial charge < -0.3 is 20.8 Å². The van der Waals surface area contributed by atoms with Gasteiger partial charge in [-0.1, -0.05) is 58.5 Å². The number of β-amino-alcohol motifs (C(OH)–C–C–N with tert-alkyl or cyclic N) is 1. The summed E-state index contributed by atoms with van der Waals surface area (Å²) in [5.41, 5.74) is -0.941. The zero-order valence-electron chi connectivity index (χ0n) is 22.2. The molecule has 1 aromatic heterocycles. The van der Waals surface area contributed by atoms with Crippen molar-refractivity contribution in [1.29, 1.82) is 0 Å². The molecule has 0 spiro atoms. The van der Waals surface area contributed by atoms with E-state index < -0.39 is 52.0 Å². The number of carboxylic acids is 1. The van der Waals surface area contributed by atoms with Gasteiger partial charge in [0.2, 0.25) is 15.9 Å². The van der Waals surface area contributed by atoms with E-state index in [0.717, 1.165) is 16.4 Å². The number of rotatable bonds is 9. The molecule has 2 heterocycles. The van der Waals surface area contributed by atoms with Crippen LogP contribution >= 0.6 is 46.4 Å². The number of hydrogen-bond acceptors (Lipinski definition) is 7.